The quantitative estimate of drug-likeness (QED) is 0.232. The fourth-order valence-electron chi connectivity index (χ4n) is 2.70. The molecule has 0 radical (unpaired) electrons. The molecule has 0 aromatic heterocycles. The van der Waals surface area contributed by atoms with E-state index in [0.29, 0.717) is 13.0 Å². The van der Waals surface area contributed by atoms with Gasteiger partial charge in [0, 0.05) is 68.8 Å². The van der Waals surface area contributed by atoms with Gasteiger partial charge in [0.15, 0.2) is 0 Å². The maximum Gasteiger partial charge on any atom is 0.508 e. The van der Waals surface area contributed by atoms with E-state index in [2.05, 4.69) is 10.6 Å². The van der Waals surface area contributed by atoms with Crippen LogP contribution in [0.3, 0.4) is 0 Å². The monoisotopic (exact) mass is 385 g/mol. The molecule has 0 atom stereocenters. The molecule has 0 saturated carbocycles. The smallest absolute Gasteiger partial charge is 0.377 e. The maximum absolute atomic E-state index is 5.66. The molecule has 0 aromatic carbocycles. The summed E-state index contributed by atoms with van der Waals surface area (Å²) in [4.78, 5) is 0. The van der Waals surface area contributed by atoms with Gasteiger partial charge in [-0.1, -0.05) is 0 Å². The largest absolute Gasteiger partial charge is 0.508 e. The van der Waals surface area contributed by atoms with E-state index in [-0.39, 0.29) is 5.16 Å². The lowest BCUT2D eigenvalue weighted by molar-refractivity contribution is 0.0783. The summed E-state index contributed by atoms with van der Waals surface area (Å²) in [6.07, 6.45) is 0.681. The van der Waals surface area contributed by atoms with Gasteiger partial charge >= 0.3 is 17.6 Å². The van der Waals surface area contributed by atoms with Gasteiger partial charge in [-0.3, -0.25) is 0 Å². The van der Waals surface area contributed by atoms with E-state index < -0.39 is 17.6 Å². The zero-order valence-corrected chi connectivity index (χ0v) is 17.8. The number of nitrogens with two attached hydrogens (primary N) is 1. The molecule has 11 heteroatoms. The van der Waals surface area contributed by atoms with Gasteiger partial charge in [0.2, 0.25) is 0 Å². The van der Waals surface area contributed by atoms with Crippen LogP contribution in [0.2, 0.25) is 5.16 Å². The molecule has 0 amide bonds. The Morgan fingerprint density at radius 3 is 1.38 bits per heavy atom. The molecule has 0 aliphatic carbocycles. The van der Waals surface area contributed by atoms with E-state index in [1.165, 1.54) is 0 Å². The molecule has 0 bridgehead atoms. The van der Waals surface area contributed by atoms with Crippen LogP contribution in [0.15, 0.2) is 0 Å². The summed E-state index contributed by atoms with van der Waals surface area (Å²) in [6.45, 7) is 3.85. The van der Waals surface area contributed by atoms with Crippen molar-refractivity contribution in [3.8, 4) is 0 Å². The molecule has 9 nitrogen and oxygen atoms in total. The van der Waals surface area contributed by atoms with Crippen LogP contribution in [0.5, 0.6) is 0 Å². The first-order chi connectivity index (χ1) is 11.6. The zero-order valence-electron chi connectivity index (χ0n) is 15.8. The molecule has 146 valence electrons. The topological polar surface area (TPSA) is 105 Å². The van der Waals surface area contributed by atoms with E-state index in [4.69, 9.17) is 32.3 Å². The summed E-state index contributed by atoms with van der Waals surface area (Å²) in [6, 6.07) is 0. The summed E-state index contributed by atoms with van der Waals surface area (Å²) in [5.74, 6) is 0. The fourth-order valence-corrected chi connectivity index (χ4v) is 10.3. The van der Waals surface area contributed by atoms with E-state index >= 15 is 0 Å². The molecule has 0 aliphatic heterocycles. The third-order valence-corrected chi connectivity index (χ3v) is 11.8. The lowest BCUT2D eigenvalue weighted by Crippen LogP contribution is -2.62. The van der Waals surface area contributed by atoms with Crippen molar-refractivity contribution in [3.63, 3.8) is 0 Å². The fraction of sp³-hybridized carbons (Fsp3) is 1.00. The van der Waals surface area contributed by atoms with Crippen molar-refractivity contribution in [2.45, 2.75) is 11.6 Å². The minimum atomic E-state index is -3.01. The second-order valence-electron chi connectivity index (χ2n) is 5.06. The van der Waals surface area contributed by atoms with Crippen molar-refractivity contribution >= 4 is 17.6 Å². The molecule has 0 saturated heterocycles. The highest BCUT2D eigenvalue weighted by Gasteiger charge is 2.63. The lowest BCUT2D eigenvalue weighted by Gasteiger charge is -2.39. The molecule has 0 aromatic rings. The Kier molecular flexibility index (Phi) is 13.3. The van der Waals surface area contributed by atoms with E-state index in [1.54, 1.807) is 42.7 Å². The molecule has 0 rings (SSSR count). The van der Waals surface area contributed by atoms with Crippen LogP contribution < -0.4 is 16.4 Å². The van der Waals surface area contributed by atoms with E-state index in [1.807, 2.05) is 0 Å². The van der Waals surface area contributed by atoms with Gasteiger partial charge in [0.1, 0.15) is 5.16 Å². The molecule has 0 aliphatic rings. The summed E-state index contributed by atoms with van der Waals surface area (Å²) >= 11 is 0. The van der Waals surface area contributed by atoms with Gasteiger partial charge in [-0.15, -0.1) is 0 Å². The minimum Gasteiger partial charge on any atom is -0.377 e. The van der Waals surface area contributed by atoms with Crippen molar-refractivity contribution in [3.05, 3.63) is 0 Å². The first-order valence-electron chi connectivity index (χ1n) is 7.98. The second-order valence-corrected chi connectivity index (χ2v) is 11.9. The van der Waals surface area contributed by atoms with Crippen LogP contribution in [0, 0.1) is 0 Å². The van der Waals surface area contributed by atoms with Crippen LogP contribution in [0.1, 0.15) is 6.42 Å². The lowest BCUT2D eigenvalue weighted by atomic mass is 10.4. The average molecular weight is 386 g/mol. The van der Waals surface area contributed by atoms with E-state index in [0.717, 1.165) is 26.2 Å². The first-order valence-corrected chi connectivity index (χ1v) is 11.6. The van der Waals surface area contributed by atoms with Gasteiger partial charge < -0.3 is 42.9 Å². The van der Waals surface area contributed by atoms with Gasteiger partial charge in [-0.25, -0.2) is 0 Å². The zero-order chi connectivity index (χ0) is 18.5. The highest BCUT2D eigenvalue weighted by Crippen LogP contribution is 2.37. The van der Waals surface area contributed by atoms with Crippen molar-refractivity contribution in [2.75, 3.05) is 75.4 Å². The summed E-state index contributed by atoms with van der Waals surface area (Å²) in [5, 5.41) is 6.36. The summed E-state index contributed by atoms with van der Waals surface area (Å²) < 4.78 is 33.9. The molecule has 4 N–H and O–H groups in total. The number of hydrogen-bond donors (Lipinski definition) is 3. The highest BCUT2D eigenvalue weighted by atomic mass is 28.5. The predicted octanol–water partition coefficient (Wildman–Crippen LogP) is -0.820. The maximum atomic E-state index is 5.66. The second kappa shape index (κ2) is 13.3. The van der Waals surface area contributed by atoms with Crippen molar-refractivity contribution in [1.82, 2.24) is 10.6 Å². The predicted molar refractivity (Wildman–Crippen MR) is 96.7 cm³/mol. The number of nitrogens with one attached hydrogen (secondary N) is 2. The Labute approximate surface area is 148 Å². The van der Waals surface area contributed by atoms with Gasteiger partial charge in [-0.05, 0) is 13.0 Å². The van der Waals surface area contributed by atoms with Crippen LogP contribution in [-0.2, 0) is 26.6 Å². The Morgan fingerprint density at radius 2 is 1.04 bits per heavy atom. The number of rotatable bonds is 16. The Hall–Kier alpha value is 0.0738. The van der Waals surface area contributed by atoms with Crippen LogP contribution in [0.4, 0.5) is 0 Å². The molecule has 0 unspecified atom stereocenters. The van der Waals surface area contributed by atoms with Gasteiger partial charge in [0.25, 0.3) is 0 Å². The van der Waals surface area contributed by atoms with Crippen molar-refractivity contribution in [2.24, 2.45) is 5.73 Å². The average Bonchev–Trinajstić information content (AvgIpc) is 2.63. The third-order valence-electron chi connectivity index (χ3n) is 3.97. The molecular formula is C13H35N3O6Si2. The van der Waals surface area contributed by atoms with Gasteiger partial charge in [0.05, 0.1) is 0 Å². The Morgan fingerprint density at radius 1 is 0.667 bits per heavy atom. The SMILES string of the molecule is CO[Si](OC)(OC)C(CCNCCNCCN)[Si](OC)(OC)OC. The van der Waals surface area contributed by atoms with Crippen LogP contribution >= 0.6 is 0 Å². The molecule has 0 heterocycles. The molecular weight excluding hydrogens is 350 g/mol. The van der Waals surface area contributed by atoms with Crippen LogP contribution in [0.25, 0.3) is 0 Å². The summed E-state index contributed by atoms with van der Waals surface area (Å²) in [7, 11) is 3.46. The Bertz CT molecular complexity index is 273. The third kappa shape index (κ3) is 6.42. The van der Waals surface area contributed by atoms with Crippen molar-refractivity contribution < 1.29 is 26.6 Å². The normalized spacial score (nSPS) is 13.0. The highest BCUT2D eigenvalue weighted by molar-refractivity contribution is 6.82. The standard InChI is InChI=1S/C13H35N3O6Si2/c1-17-23(18-2,19-3)13(24(20-4,21-5)22-6)7-9-15-11-12-16-10-8-14/h13,15-16H,7-12,14H2,1-6H3. The Balaban J connectivity index is 4.94. The number of hydrogen-bond acceptors (Lipinski definition) is 9. The van der Waals surface area contributed by atoms with Crippen molar-refractivity contribution in [1.29, 1.82) is 0 Å². The molecule has 0 spiro atoms. The first kappa shape index (κ1) is 24.1. The minimum absolute atomic E-state index is 0.241. The molecule has 24 heavy (non-hydrogen) atoms. The summed E-state index contributed by atoms with van der Waals surface area (Å²) in [5.41, 5.74) is 5.44. The molecule has 0 fully saturated rings. The van der Waals surface area contributed by atoms with Crippen LogP contribution in [-0.4, -0.2) is 93.0 Å². The van der Waals surface area contributed by atoms with Gasteiger partial charge in [-0.2, -0.15) is 0 Å². The van der Waals surface area contributed by atoms with E-state index in [9.17, 15) is 0 Å².